The van der Waals surface area contributed by atoms with Crippen LogP contribution >= 0.6 is 11.6 Å². The zero-order chi connectivity index (χ0) is 17.1. The third-order valence-electron chi connectivity index (χ3n) is 3.86. The number of amides is 1. The minimum Gasteiger partial charge on any atom is -0.355 e. The number of aryl methyl sites for hydroxylation is 1. The second-order valence-corrected chi connectivity index (χ2v) is 5.96. The molecule has 1 amide bonds. The topological polar surface area (TPSA) is 55.1 Å². The van der Waals surface area contributed by atoms with Gasteiger partial charge in [0.2, 0.25) is 0 Å². The van der Waals surface area contributed by atoms with Crippen LogP contribution in [0.15, 0.2) is 59.1 Å². The van der Waals surface area contributed by atoms with E-state index >= 15 is 0 Å². The molecule has 0 bridgehead atoms. The summed E-state index contributed by atoms with van der Waals surface area (Å²) in [5, 5.41) is 7.44. The van der Waals surface area contributed by atoms with E-state index in [0.717, 1.165) is 5.56 Å². The molecule has 24 heavy (non-hydrogen) atoms. The number of carbonyl (C=O) groups is 1. The average molecular weight is 341 g/mol. The second-order valence-electron chi connectivity index (χ2n) is 5.56. The van der Waals surface area contributed by atoms with Crippen molar-refractivity contribution in [3.63, 3.8) is 0 Å². The summed E-state index contributed by atoms with van der Waals surface area (Å²) >= 11 is 6.23. The Morgan fingerprint density at radius 1 is 1.12 bits per heavy atom. The zero-order valence-electron chi connectivity index (χ0n) is 13.4. The number of hydrogen-bond acceptors (Lipinski definition) is 3. The fourth-order valence-electron chi connectivity index (χ4n) is 2.56. The summed E-state index contributed by atoms with van der Waals surface area (Å²) in [5.74, 6) is 0.149. The molecule has 1 atom stereocenters. The molecular formula is C19H17ClN2O2. The molecule has 1 aromatic heterocycles. The molecule has 0 spiro atoms. The molecule has 0 aliphatic carbocycles. The van der Waals surface area contributed by atoms with Gasteiger partial charge in [0.25, 0.3) is 5.91 Å². The van der Waals surface area contributed by atoms with Crippen LogP contribution in [0.4, 0.5) is 0 Å². The van der Waals surface area contributed by atoms with Crippen LogP contribution in [-0.2, 0) is 0 Å². The van der Waals surface area contributed by atoms with Crippen LogP contribution in [0.2, 0.25) is 5.02 Å². The third-order valence-corrected chi connectivity index (χ3v) is 4.19. The highest BCUT2D eigenvalue weighted by Crippen LogP contribution is 2.32. The van der Waals surface area contributed by atoms with Gasteiger partial charge in [0.05, 0.1) is 16.8 Å². The summed E-state index contributed by atoms with van der Waals surface area (Å²) in [6.07, 6.45) is 0. The lowest BCUT2D eigenvalue weighted by molar-refractivity contribution is 0.0939. The first-order chi connectivity index (χ1) is 11.6. The summed E-state index contributed by atoms with van der Waals surface area (Å²) in [4.78, 5) is 12.8. The number of hydrogen-bond donors (Lipinski definition) is 1. The molecule has 0 fully saturated rings. The zero-order valence-corrected chi connectivity index (χ0v) is 14.2. The minimum absolute atomic E-state index is 0.132. The number of nitrogens with one attached hydrogen (secondary N) is 1. The van der Waals surface area contributed by atoms with Crippen molar-refractivity contribution in [2.24, 2.45) is 0 Å². The number of aromatic nitrogens is 1. The van der Waals surface area contributed by atoms with E-state index in [4.69, 9.17) is 16.1 Å². The fraction of sp³-hybridized carbons (Fsp3) is 0.158. The van der Waals surface area contributed by atoms with Gasteiger partial charge in [-0.3, -0.25) is 4.79 Å². The van der Waals surface area contributed by atoms with Crippen LogP contribution in [0.3, 0.4) is 0 Å². The molecule has 3 rings (SSSR count). The van der Waals surface area contributed by atoms with Crippen molar-refractivity contribution >= 4 is 17.5 Å². The molecule has 0 radical (unpaired) electrons. The number of carbonyl (C=O) groups excluding carboxylic acids is 1. The monoisotopic (exact) mass is 340 g/mol. The van der Waals surface area contributed by atoms with E-state index in [2.05, 4.69) is 10.5 Å². The highest BCUT2D eigenvalue weighted by molar-refractivity contribution is 6.33. The Balaban J connectivity index is 1.91. The van der Waals surface area contributed by atoms with Crippen LogP contribution < -0.4 is 5.32 Å². The van der Waals surface area contributed by atoms with Crippen molar-refractivity contribution in [3.8, 4) is 11.3 Å². The fourth-order valence-corrected chi connectivity index (χ4v) is 2.78. The Hall–Kier alpha value is -2.59. The Bertz CT molecular complexity index is 859. The predicted octanol–water partition coefficient (Wildman–Crippen LogP) is 4.79. The van der Waals surface area contributed by atoms with E-state index in [0.29, 0.717) is 27.6 Å². The number of nitrogens with zero attached hydrogens (tertiary/aromatic N) is 1. The predicted molar refractivity (Wildman–Crippen MR) is 94.0 cm³/mol. The maximum atomic E-state index is 12.8. The first-order valence-corrected chi connectivity index (χ1v) is 8.02. The molecule has 1 heterocycles. The van der Waals surface area contributed by atoms with Crippen LogP contribution in [-0.4, -0.2) is 11.1 Å². The van der Waals surface area contributed by atoms with Gasteiger partial charge in [-0.2, -0.15) is 0 Å². The van der Waals surface area contributed by atoms with Crippen molar-refractivity contribution < 1.29 is 9.32 Å². The Morgan fingerprint density at radius 2 is 1.79 bits per heavy atom. The Kier molecular flexibility index (Phi) is 4.67. The molecule has 5 heteroatoms. The van der Waals surface area contributed by atoms with Gasteiger partial charge in [-0.1, -0.05) is 59.2 Å². The maximum Gasteiger partial charge on any atom is 0.257 e. The quantitative estimate of drug-likeness (QED) is 0.742. The average Bonchev–Trinajstić information content (AvgIpc) is 2.97. The largest absolute Gasteiger partial charge is 0.355 e. The van der Waals surface area contributed by atoms with Gasteiger partial charge in [0, 0.05) is 5.56 Å². The lowest BCUT2D eigenvalue weighted by atomic mass is 10.0. The van der Waals surface area contributed by atoms with E-state index in [-0.39, 0.29) is 11.9 Å². The standard InChI is InChI=1S/C19H17ClN2O2/c1-12(14-8-4-3-5-9-14)21-19(23)17-13(2)22-24-18(17)15-10-6-7-11-16(15)20/h3-12H,1-2H3,(H,21,23)/t12-/m1/s1. The summed E-state index contributed by atoms with van der Waals surface area (Å²) in [7, 11) is 0. The summed E-state index contributed by atoms with van der Waals surface area (Å²) in [6, 6.07) is 16.9. The first kappa shape index (κ1) is 16.3. The van der Waals surface area contributed by atoms with Crippen molar-refractivity contribution in [2.75, 3.05) is 0 Å². The van der Waals surface area contributed by atoms with Crippen molar-refractivity contribution in [1.29, 1.82) is 0 Å². The molecule has 0 saturated carbocycles. The molecule has 0 aliphatic rings. The third kappa shape index (κ3) is 3.19. The first-order valence-electron chi connectivity index (χ1n) is 7.65. The minimum atomic E-state index is -0.236. The van der Waals surface area contributed by atoms with E-state index in [9.17, 15) is 4.79 Å². The van der Waals surface area contributed by atoms with Crippen molar-refractivity contribution in [2.45, 2.75) is 19.9 Å². The number of benzene rings is 2. The van der Waals surface area contributed by atoms with Gasteiger partial charge < -0.3 is 9.84 Å². The molecular weight excluding hydrogens is 324 g/mol. The number of halogens is 1. The molecule has 0 unspecified atom stereocenters. The van der Waals surface area contributed by atoms with Gasteiger partial charge in [0.15, 0.2) is 5.76 Å². The molecule has 122 valence electrons. The smallest absolute Gasteiger partial charge is 0.257 e. The molecule has 1 N–H and O–H groups in total. The SMILES string of the molecule is Cc1noc(-c2ccccc2Cl)c1C(=O)N[C@H](C)c1ccccc1. The van der Waals surface area contributed by atoms with E-state index < -0.39 is 0 Å². The number of rotatable bonds is 4. The van der Waals surface area contributed by atoms with Gasteiger partial charge in [-0.15, -0.1) is 0 Å². The van der Waals surface area contributed by atoms with E-state index in [1.54, 1.807) is 19.1 Å². The van der Waals surface area contributed by atoms with Gasteiger partial charge >= 0.3 is 0 Å². The second kappa shape index (κ2) is 6.89. The molecule has 3 aromatic rings. The molecule has 2 aromatic carbocycles. The highest BCUT2D eigenvalue weighted by atomic mass is 35.5. The summed E-state index contributed by atoms with van der Waals surface area (Å²) in [5.41, 5.74) is 2.62. The van der Waals surface area contributed by atoms with Crippen LogP contribution in [0.1, 0.15) is 34.6 Å². The molecule has 4 nitrogen and oxygen atoms in total. The maximum absolute atomic E-state index is 12.8. The van der Waals surface area contributed by atoms with Crippen molar-refractivity contribution in [1.82, 2.24) is 10.5 Å². The molecule has 0 aliphatic heterocycles. The Labute approximate surface area is 145 Å². The normalized spacial score (nSPS) is 12.0. The van der Waals surface area contributed by atoms with Gasteiger partial charge in [-0.05, 0) is 31.5 Å². The van der Waals surface area contributed by atoms with E-state index in [1.165, 1.54) is 0 Å². The summed E-state index contributed by atoms with van der Waals surface area (Å²) < 4.78 is 5.38. The lowest BCUT2D eigenvalue weighted by Crippen LogP contribution is -2.27. The van der Waals surface area contributed by atoms with Crippen molar-refractivity contribution in [3.05, 3.63) is 76.4 Å². The van der Waals surface area contributed by atoms with Crippen LogP contribution in [0.25, 0.3) is 11.3 Å². The molecule has 0 saturated heterocycles. The van der Waals surface area contributed by atoms with E-state index in [1.807, 2.05) is 49.4 Å². The van der Waals surface area contributed by atoms with Gasteiger partial charge in [-0.25, -0.2) is 0 Å². The van der Waals surface area contributed by atoms with Crippen LogP contribution in [0.5, 0.6) is 0 Å². The lowest BCUT2D eigenvalue weighted by Gasteiger charge is -2.14. The Morgan fingerprint density at radius 3 is 2.50 bits per heavy atom. The highest BCUT2D eigenvalue weighted by Gasteiger charge is 2.24. The summed E-state index contributed by atoms with van der Waals surface area (Å²) in [6.45, 7) is 3.68. The van der Waals surface area contributed by atoms with Crippen LogP contribution in [0, 0.1) is 6.92 Å². The van der Waals surface area contributed by atoms with Gasteiger partial charge in [0.1, 0.15) is 5.56 Å².